The van der Waals surface area contributed by atoms with E-state index < -0.39 is 6.29 Å². The van der Waals surface area contributed by atoms with Crippen LogP contribution in [0.5, 0.6) is 5.75 Å². The van der Waals surface area contributed by atoms with Gasteiger partial charge in [-0.05, 0) is 22.0 Å². The van der Waals surface area contributed by atoms with E-state index in [-0.39, 0.29) is 0 Å². The van der Waals surface area contributed by atoms with Crippen molar-refractivity contribution in [2.24, 2.45) is 0 Å². The molecule has 0 bridgehead atoms. The summed E-state index contributed by atoms with van der Waals surface area (Å²) in [6, 6.07) is 1.79. The zero-order chi connectivity index (χ0) is 11.7. The fourth-order valence-electron chi connectivity index (χ4n) is 1.38. The van der Waals surface area contributed by atoms with Gasteiger partial charge >= 0.3 is 0 Å². The molecular weight excluding hydrogens is 294 g/mol. The molecule has 2 rings (SSSR count). The molecular formula is C10H10BrNO3S. The van der Waals surface area contributed by atoms with Crippen LogP contribution in [-0.4, -0.2) is 24.3 Å². The second-order valence-corrected chi connectivity index (χ2v) is 4.90. The fourth-order valence-corrected chi connectivity index (χ4v) is 3.36. The van der Waals surface area contributed by atoms with Gasteiger partial charge in [0.05, 0.1) is 26.7 Å². The number of hydrogen-bond acceptors (Lipinski definition) is 5. The van der Waals surface area contributed by atoms with Crippen molar-refractivity contribution in [3.63, 3.8) is 0 Å². The summed E-state index contributed by atoms with van der Waals surface area (Å²) in [5.41, 5.74) is 0.774. The molecule has 16 heavy (non-hydrogen) atoms. The van der Waals surface area contributed by atoms with Crippen LogP contribution in [0.15, 0.2) is 16.7 Å². The molecule has 2 heterocycles. The van der Waals surface area contributed by atoms with Crippen molar-refractivity contribution in [1.82, 2.24) is 4.98 Å². The van der Waals surface area contributed by atoms with Gasteiger partial charge in [0, 0.05) is 13.3 Å². The highest BCUT2D eigenvalue weighted by molar-refractivity contribution is 9.10. The third-order valence-electron chi connectivity index (χ3n) is 2.17. The first-order valence-electron chi connectivity index (χ1n) is 4.50. The maximum Gasteiger partial charge on any atom is 0.191 e. The van der Waals surface area contributed by atoms with Crippen molar-refractivity contribution in [2.45, 2.75) is 6.29 Å². The topological polar surface area (TPSA) is 51.6 Å². The normalized spacial score (nSPS) is 13.0. The Kier molecular flexibility index (Phi) is 3.44. The van der Waals surface area contributed by atoms with Crippen LogP contribution in [0.1, 0.15) is 11.2 Å². The lowest BCUT2D eigenvalue weighted by atomic mass is 10.3. The first kappa shape index (κ1) is 11.8. The molecule has 0 aliphatic carbocycles. The highest BCUT2D eigenvalue weighted by Gasteiger charge is 2.19. The molecule has 2 aromatic heterocycles. The summed E-state index contributed by atoms with van der Waals surface area (Å²) in [5, 5.41) is 9.66. The summed E-state index contributed by atoms with van der Waals surface area (Å²) in [5.74, 6) is 0.741. The predicted molar refractivity (Wildman–Crippen MR) is 65.8 cm³/mol. The molecule has 0 saturated heterocycles. The second kappa shape index (κ2) is 4.67. The van der Waals surface area contributed by atoms with E-state index in [2.05, 4.69) is 20.9 Å². The number of hydrogen-bond donors (Lipinski definition) is 1. The minimum Gasteiger partial charge on any atom is -0.495 e. The Morgan fingerprint density at radius 3 is 2.88 bits per heavy atom. The Morgan fingerprint density at radius 1 is 1.50 bits per heavy atom. The van der Waals surface area contributed by atoms with Crippen LogP contribution in [-0.2, 0) is 4.74 Å². The highest BCUT2D eigenvalue weighted by atomic mass is 79.9. The second-order valence-electron chi connectivity index (χ2n) is 3.06. The summed E-state index contributed by atoms with van der Waals surface area (Å²) in [6.45, 7) is 0. The number of rotatable bonds is 3. The lowest BCUT2D eigenvalue weighted by Crippen LogP contribution is -1.96. The molecule has 1 atom stereocenters. The van der Waals surface area contributed by atoms with Crippen LogP contribution in [0.3, 0.4) is 0 Å². The van der Waals surface area contributed by atoms with Gasteiger partial charge < -0.3 is 14.6 Å². The molecule has 2 aromatic rings. The van der Waals surface area contributed by atoms with Gasteiger partial charge in [-0.25, -0.2) is 0 Å². The number of aromatic nitrogens is 1. The van der Waals surface area contributed by atoms with Crippen molar-refractivity contribution >= 4 is 37.5 Å². The van der Waals surface area contributed by atoms with Crippen LogP contribution < -0.4 is 4.74 Å². The number of aliphatic hydroxyl groups excluding tert-OH is 1. The van der Waals surface area contributed by atoms with E-state index in [0.29, 0.717) is 4.88 Å². The lowest BCUT2D eigenvalue weighted by Gasteiger charge is -2.05. The molecule has 86 valence electrons. The van der Waals surface area contributed by atoms with E-state index in [1.807, 2.05) is 0 Å². The van der Waals surface area contributed by atoms with Crippen LogP contribution >= 0.6 is 27.3 Å². The number of nitrogens with zero attached hydrogens (tertiary/aromatic N) is 1. The number of halogens is 1. The van der Waals surface area contributed by atoms with Crippen LogP contribution in [0.25, 0.3) is 10.2 Å². The Bertz CT molecular complexity index is 514. The number of aliphatic hydroxyl groups is 1. The van der Waals surface area contributed by atoms with Gasteiger partial charge in [-0.1, -0.05) is 0 Å². The van der Waals surface area contributed by atoms with Crippen molar-refractivity contribution in [3.05, 3.63) is 21.6 Å². The molecule has 4 nitrogen and oxygen atoms in total. The fraction of sp³-hybridized carbons (Fsp3) is 0.300. The summed E-state index contributed by atoms with van der Waals surface area (Å²) >= 11 is 4.81. The van der Waals surface area contributed by atoms with E-state index in [1.54, 1.807) is 19.4 Å². The Morgan fingerprint density at radius 2 is 2.25 bits per heavy atom. The van der Waals surface area contributed by atoms with E-state index in [9.17, 15) is 5.11 Å². The van der Waals surface area contributed by atoms with E-state index in [1.165, 1.54) is 18.4 Å². The van der Waals surface area contributed by atoms with Gasteiger partial charge in [0.1, 0.15) is 5.75 Å². The van der Waals surface area contributed by atoms with Crippen molar-refractivity contribution in [3.8, 4) is 5.75 Å². The lowest BCUT2D eigenvalue weighted by molar-refractivity contribution is -0.0747. The molecule has 1 N–H and O–H groups in total. The largest absolute Gasteiger partial charge is 0.495 e. The summed E-state index contributed by atoms with van der Waals surface area (Å²) < 4.78 is 11.8. The van der Waals surface area contributed by atoms with Crippen molar-refractivity contribution in [2.75, 3.05) is 14.2 Å². The van der Waals surface area contributed by atoms with Crippen molar-refractivity contribution in [1.29, 1.82) is 0 Å². The van der Waals surface area contributed by atoms with Crippen molar-refractivity contribution < 1.29 is 14.6 Å². The molecule has 0 aliphatic rings. The summed E-state index contributed by atoms with van der Waals surface area (Å²) in [4.78, 5) is 4.93. The van der Waals surface area contributed by atoms with E-state index in [4.69, 9.17) is 9.47 Å². The van der Waals surface area contributed by atoms with Gasteiger partial charge in [-0.3, -0.25) is 4.98 Å². The Balaban J connectivity index is 2.67. The molecule has 0 fully saturated rings. The average Bonchev–Trinajstić information content (AvgIpc) is 2.66. The monoisotopic (exact) mass is 303 g/mol. The number of ether oxygens (including phenoxy) is 2. The number of methoxy groups -OCH3 is 2. The standard InChI is InChI=1S/C10H10BrNO3S/c1-14-5-3-4-12-7-6(11)9(10(13)15-2)16-8(5)7/h3-4,10,13H,1-2H3. The number of fused-ring (bicyclic) bond motifs is 1. The van der Waals surface area contributed by atoms with Crippen LogP contribution in [0.4, 0.5) is 0 Å². The molecule has 1 unspecified atom stereocenters. The molecule has 0 spiro atoms. The Labute approximate surface area is 105 Å². The highest BCUT2D eigenvalue weighted by Crippen LogP contribution is 2.41. The van der Waals surface area contributed by atoms with Gasteiger partial charge in [-0.2, -0.15) is 0 Å². The van der Waals surface area contributed by atoms with Gasteiger partial charge in [0.2, 0.25) is 0 Å². The van der Waals surface area contributed by atoms with Gasteiger partial charge in [0.25, 0.3) is 0 Å². The predicted octanol–water partition coefficient (Wildman–Crippen LogP) is 2.70. The number of thiophene rings is 1. The molecule has 0 amide bonds. The minimum absolute atomic E-state index is 0.689. The summed E-state index contributed by atoms with van der Waals surface area (Å²) in [7, 11) is 3.06. The maximum absolute atomic E-state index is 9.66. The molecule has 6 heteroatoms. The summed E-state index contributed by atoms with van der Waals surface area (Å²) in [6.07, 6.45) is 0.722. The SMILES string of the molecule is COc1ccnc2c(Br)c(C(O)OC)sc12. The minimum atomic E-state index is -0.946. The van der Waals surface area contributed by atoms with Crippen LogP contribution in [0.2, 0.25) is 0 Å². The molecule has 0 saturated carbocycles. The first-order chi connectivity index (χ1) is 7.69. The molecule has 0 aliphatic heterocycles. The smallest absolute Gasteiger partial charge is 0.191 e. The average molecular weight is 304 g/mol. The van der Waals surface area contributed by atoms with E-state index >= 15 is 0 Å². The zero-order valence-corrected chi connectivity index (χ0v) is 11.1. The van der Waals surface area contributed by atoms with Gasteiger partial charge in [0.15, 0.2) is 6.29 Å². The first-order valence-corrected chi connectivity index (χ1v) is 6.11. The van der Waals surface area contributed by atoms with Gasteiger partial charge in [-0.15, -0.1) is 11.3 Å². The van der Waals surface area contributed by atoms with Crippen LogP contribution in [0, 0.1) is 0 Å². The molecule has 0 radical (unpaired) electrons. The zero-order valence-electron chi connectivity index (χ0n) is 8.73. The third-order valence-corrected chi connectivity index (χ3v) is 4.46. The Hall–Kier alpha value is -0.690. The maximum atomic E-state index is 9.66. The van der Waals surface area contributed by atoms with E-state index in [0.717, 1.165) is 20.4 Å². The number of pyridine rings is 1. The molecule has 0 aromatic carbocycles. The third kappa shape index (κ3) is 1.82. The quantitative estimate of drug-likeness (QED) is 0.886.